The average molecular weight is 290 g/mol. The first-order valence-corrected chi connectivity index (χ1v) is 8.71. The van der Waals surface area contributed by atoms with Crippen molar-refractivity contribution in [2.75, 3.05) is 19.8 Å². The highest BCUT2D eigenvalue weighted by atomic mass is 28.4. The van der Waals surface area contributed by atoms with Gasteiger partial charge in [-0.2, -0.15) is 0 Å². The Hall–Kier alpha value is -0.693. The Labute approximate surface area is 117 Å². The lowest BCUT2D eigenvalue weighted by molar-refractivity contribution is -0.142. The number of carbonyl (C=O) groups excluding carboxylic acids is 1. The van der Waals surface area contributed by atoms with Crippen molar-refractivity contribution in [3.05, 3.63) is 12.7 Å². The summed E-state index contributed by atoms with van der Waals surface area (Å²) in [7, 11) is -2.64. The molecule has 0 aliphatic carbocycles. The van der Waals surface area contributed by atoms with Gasteiger partial charge >= 0.3 is 14.8 Å². The van der Waals surface area contributed by atoms with Gasteiger partial charge in [-0.05, 0) is 34.1 Å². The highest BCUT2D eigenvalue weighted by Gasteiger charge is 2.40. The molecule has 0 heterocycles. The van der Waals surface area contributed by atoms with Crippen LogP contribution in [-0.4, -0.2) is 40.7 Å². The molecule has 112 valence electrons. The molecule has 0 aromatic rings. The van der Waals surface area contributed by atoms with Crippen molar-refractivity contribution in [1.29, 1.82) is 0 Å². The summed E-state index contributed by atoms with van der Waals surface area (Å²) in [6.07, 6.45) is 1.60. The molecule has 0 saturated heterocycles. The lowest BCUT2D eigenvalue weighted by atomic mass is 10.3. The van der Waals surface area contributed by atoms with E-state index in [1.807, 2.05) is 27.7 Å². The highest BCUT2D eigenvalue weighted by molar-refractivity contribution is 6.60. The van der Waals surface area contributed by atoms with Gasteiger partial charge in [0.2, 0.25) is 0 Å². The lowest BCUT2D eigenvalue weighted by Crippen LogP contribution is -2.46. The molecule has 6 heteroatoms. The second-order valence-corrected chi connectivity index (χ2v) is 6.70. The van der Waals surface area contributed by atoms with E-state index >= 15 is 0 Å². The van der Waals surface area contributed by atoms with Gasteiger partial charge in [-0.25, -0.2) is 4.79 Å². The van der Waals surface area contributed by atoms with Gasteiger partial charge in [-0.3, -0.25) is 0 Å². The molecule has 0 bridgehead atoms. The minimum Gasteiger partial charge on any atom is -0.460 e. The molecule has 0 fully saturated rings. The van der Waals surface area contributed by atoms with E-state index in [0.717, 1.165) is 6.08 Å². The van der Waals surface area contributed by atoms with Crippen molar-refractivity contribution >= 4 is 14.8 Å². The molecule has 0 radical (unpaired) electrons. The first-order chi connectivity index (χ1) is 9.03. The summed E-state index contributed by atoms with van der Waals surface area (Å²) in [5.74, 6) is -0.413. The van der Waals surface area contributed by atoms with Crippen LogP contribution in [0, 0.1) is 0 Å². The summed E-state index contributed by atoms with van der Waals surface area (Å²) in [5, 5.41) is 0. The minimum atomic E-state index is -2.64. The molecule has 0 amide bonds. The zero-order valence-electron chi connectivity index (χ0n) is 12.4. The summed E-state index contributed by atoms with van der Waals surface area (Å²) in [5.41, 5.74) is 0. The molecule has 0 aliphatic heterocycles. The van der Waals surface area contributed by atoms with E-state index in [2.05, 4.69) is 6.58 Å². The molecule has 0 aromatic carbocycles. The van der Waals surface area contributed by atoms with Crippen LogP contribution < -0.4 is 0 Å². The number of esters is 1. The predicted octanol–water partition coefficient (Wildman–Crippen LogP) is 2.54. The molecule has 0 spiro atoms. The SMILES string of the molecule is C=CC(=O)OC(C)CC[Si](OCC)(OCC)OCC. The molecule has 19 heavy (non-hydrogen) atoms. The van der Waals surface area contributed by atoms with E-state index in [1.54, 1.807) is 0 Å². The summed E-state index contributed by atoms with van der Waals surface area (Å²) in [4.78, 5) is 11.1. The summed E-state index contributed by atoms with van der Waals surface area (Å²) >= 11 is 0. The first-order valence-electron chi connectivity index (χ1n) is 6.78. The van der Waals surface area contributed by atoms with Crippen LogP contribution in [0.1, 0.15) is 34.1 Å². The van der Waals surface area contributed by atoms with Crippen LogP contribution >= 0.6 is 0 Å². The van der Waals surface area contributed by atoms with Gasteiger partial charge in [0, 0.05) is 31.9 Å². The normalized spacial score (nSPS) is 13.1. The zero-order chi connectivity index (χ0) is 14.7. The fourth-order valence-electron chi connectivity index (χ4n) is 1.69. The van der Waals surface area contributed by atoms with Crippen molar-refractivity contribution in [1.82, 2.24) is 0 Å². The van der Waals surface area contributed by atoms with Crippen LogP contribution in [0.3, 0.4) is 0 Å². The number of hydrogen-bond donors (Lipinski definition) is 0. The third kappa shape index (κ3) is 7.46. The van der Waals surface area contributed by atoms with E-state index in [1.165, 1.54) is 0 Å². The van der Waals surface area contributed by atoms with Gasteiger partial charge in [0.1, 0.15) is 0 Å². The van der Waals surface area contributed by atoms with E-state index < -0.39 is 14.8 Å². The number of ether oxygens (including phenoxy) is 1. The van der Waals surface area contributed by atoms with Crippen molar-refractivity contribution < 1.29 is 22.8 Å². The quantitative estimate of drug-likeness (QED) is 0.332. The smallest absolute Gasteiger partial charge is 0.460 e. The zero-order valence-corrected chi connectivity index (χ0v) is 13.4. The Kier molecular flexibility index (Phi) is 9.77. The summed E-state index contributed by atoms with van der Waals surface area (Å²) < 4.78 is 22.3. The van der Waals surface area contributed by atoms with Crippen LogP contribution in [0.25, 0.3) is 0 Å². The standard InChI is InChI=1S/C13H26O5Si/c1-6-13(14)18-12(5)10-11-19(15-7-2,16-8-3)17-9-4/h6,12H,1,7-11H2,2-5H3. The van der Waals surface area contributed by atoms with Gasteiger partial charge in [-0.15, -0.1) is 0 Å². The largest absolute Gasteiger partial charge is 0.501 e. The maximum absolute atomic E-state index is 11.1. The third-order valence-electron chi connectivity index (χ3n) is 2.43. The van der Waals surface area contributed by atoms with Gasteiger partial charge in [0.05, 0.1) is 6.10 Å². The van der Waals surface area contributed by atoms with Crippen molar-refractivity contribution in [2.45, 2.75) is 46.3 Å². The van der Waals surface area contributed by atoms with Gasteiger partial charge in [-0.1, -0.05) is 6.58 Å². The Morgan fingerprint density at radius 1 is 1.16 bits per heavy atom. The molecular formula is C13H26O5Si. The van der Waals surface area contributed by atoms with Crippen LogP contribution in [-0.2, 0) is 22.8 Å². The molecule has 0 aliphatic rings. The molecular weight excluding hydrogens is 264 g/mol. The Bertz CT molecular complexity index is 253. The lowest BCUT2D eigenvalue weighted by Gasteiger charge is -2.29. The van der Waals surface area contributed by atoms with Crippen LogP contribution in [0.15, 0.2) is 12.7 Å². The molecule has 0 N–H and O–H groups in total. The van der Waals surface area contributed by atoms with Crippen LogP contribution in [0.5, 0.6) is 0 Å². The number of hydrogen-bond acceptors (Lipinski definition) is 5. The Morgan fingerprint density at radius 3 is 2.00 bits per heavy atom. The molecule has 5 nitrogen and oxygen atoms in total. The van der Waals surface area contributed by atoms with E-state index in [9.17, 15) is 4.79 Å². The average Bonchev–Trinajstić information content (AvgIpc) is 2.37. The number of carbonyl (C=O) groups is 1. The van der Waals surface area contributed by atoms with Gasteiger partial charge in [0.15, 0.2) is 0 Å². The fraction of sp³-hybridized carbons (Fsp3) is 0.769. The maximum Gasteiger partial charge on any atom is 0.501 e. The Morgan fingerprint density at radius 2 is 1.63 bits per heavy atom. The highest BCUT2D eigenvalue weighted by Crippen LogP contribution is 2.20. The third-order valence-corrected chi connectivity index (χ3v) is 5.52. The van der Waals surface area contributed by atoms with E-state index in [0.29, 0.717) is 32.3 Å². The first kappa shape index (κ1) is 18.3. The molecule has 0 saturated carbocycles. The molecule has 0 aromatic heterocycles. The van der Waals surface area contributed by atoms with Crippen molar-refractivity contribution in [2.24, 2.45) is 0 Å². The van der Waals surface area contributed by atoms with Gasteiger partial charge in [0.25, 0.3) is 0 Å². The topological polar surface area (TPSA) is 54.0 Å². The van der Waals surface area contributed by atoms with Crippen LogP contribution in [0.4, 0.5) is 0 Å². The monoisotopic (exact) mass is 290 g/mol. The fourth-order valence-corrected chi connectivity index (χ4v) is 4.45. The van der Waals surface area contributed by atoms with Crippen molar-refractivity contribution in [3.8, 4) is 0 Å². The van der Waals surface area contributed by atoms with Crippen LogP contribution in [0.2, 0.25) is 6.04 Å². The second-order valence-electron chi connectivity index (χ2n) is 3.97. The van der Waals surface area contributed by atoms with Gasteiger partial charge < -0.3 is 18.0 Å². The molecule has 1 unspecified atom stereocenters. The predicted molar refractivity (Wildman–Crippen MR) is 75.8 cm³/mol. The Balaban J connectivity index is 4.44. The molecule has 0 rings (SSSR count). The summed E-state index contributed by atoms with van der Waals surface area (Å²) in [6, 6.07) is 0.633. The number of rotatable bonds is 11. The summed E-state index contributed by atoms with van der Waals surface area (Å²) in [6.45, 7) is 12.6. The van der Waals surface area contributed by atoms with E-state index in [4.69, 9.17) is 18.0 Å². The molecule has 1 atom stereocenters. The second kappa shape index (κ2) is 10.1. The van der Waals surface area contributed by atoms with Crippen molar-refractivity contribution in [3.63, 3.8) is 0 Å². The minimum absolute atomic E-state index is 0.209. The maximum atomic E-state index is 11.1. The van der Waals surface area contributed by atoms with E-state index in [-0.39, 0.29) is 6.10 Å².